The summed E-state index contributed by atoms with van der Waals surface area (Å²) < 4.78 is 8.19. The first-order valence-corrected chi connectivity index (χ1v) is 15.5. The number of hydrogen-bond donors (Lipinski definition) is 1. The van der Waals surface area contributed by atoms with Gasteiger partial charge in [0, 0.05) is 37.2 Å². The number of aliphatic hydroxyl groups excluding tert-OH is 1. The molecule has 0 amide bonds. The summed E-state index contributed by atoms with van der Waals surface area (Å²) >= 11 is 0. The second-order valence-corrected chi connectivity index (χ2v) is 15.6. The van der Waals surface area contributed by atoms with E-state index in [1.165, 1.54) is 6.33 Å². The molecule has 11 atom stereocenters. The number of ether oxygens (including phenoxy) is 1. The van der Waals surface area contributed by atoms with Crippen LogP contribution < -0.4 is 0 Å². The van der Waals surface area contributed by atoms with Crippen LogP contribution in [0.25, 0.3) is 0 Å². The van der Waals surface area contributed by atoms with E-state index in [1.807, 2.05) is 6.92 Å². The summed E-state index contributed by atoms with van der Waals surface area (Å²) in [7, 11) is 0. The summed E-state index contributed by atoms with van der Waals surface area (Å²) in [6.07, 6.45) is 12.8. The fourth-order valence-electron chi connectivity index (χ4n) is 11.6. The molecular formula is C33H50N3O3Re-. The Hall–Kier alpha value is -0.868. The molecule has 1 aliphatic heterocycles. The van der Waals surface area contributed by atoms with Gasteiger partial charge in [-0.1, -0.05) is 60.1 Å². The van der Waals surface area contributed by atoms with E-state index in [4.69, 9.17) is 4.74 Å². The Labute approximate surface area is 255 Å². The Morgan fingerprint density at radius 2 is 1.85 bits per heavy atom. The normalized spacial score (nSPS) is 48.6. The first-order valence-electron chi connectivity index (χ1n) is 15.5. The van der Waals surface area contributed by atoms with Crippen LogP contribution in [0.15, 0.2) is 18.0 Å². The second kappa shape index (κ2) is 9.83. The average Bonchev–Trinajstić information content (AvgIpc) is 3.41. The van der Waals surface area contributed by atoms with Gasteiger partial charge in [-0.2, -0.15) is 0 Å². The fraction of sp³-hybridized carbons (Fsp3) is 0.848. The van der Waals surface area contributed by atoms with Crippen LogP contribution in [0.4, 0.5) is 0 Å². The van der Waals surface area contributed by atoms with Crippen molar-refractivity contribution in [3.63, 3.8) is 0 Å². The predicted octanol–water partition coefficient (Wildman–Crippen LogP) is 6.07. The molecule has 223 valence electrons. The average molecular weight is 723 g/mol. The number of rotatable bonds is 4. The van der Waals surface area contributed by atoms with E-state index in [2.05, 4.69) is 71.0 Å². The molecule has 3 saturated carbocycles. The first-order chi connectivity index (χ1) is 18.3. The van der Waals surface area contributed by atoms with Crippen molar-refractivity contribution in [1.29, 1.82) is 0 Å². The minimum atomic E-state index is -0.550. The van der Waals surface area contributed by atoms with E-state index in [0.29, 0.717) is 42.7 Å². The molecule has 2 bridgehead atoms. The molecule has 1 N–H and O–H groups in total. The van der Waals surface area contributed by atoms with Crippen molar-refractivity contribution in [3.8, 4) is 0 Å². The largest absolute Gasteiger partial charge is 0.421 e. The van der Waals surface area contributed by atoms with Crippen LogP contribution in [0.2, 0.25) is 0 Å². The summed E-state index contributed by atoms with van der Waals surface area (Å²) in [6.45, 7) is 19.8. The number of carbonyl (C=O) groups is 1. The Bertz CT molecular complexity index is 1170. The van der Waals surface area contributed by atoms with E-state index < -0.39 is 6.10 Å². The zero-order valence-electron chi connectivity index (χ0n) is 25.8. The summed E-state index contributed by atoms with van der Waals surface area (Å²) in [6, 6.07) is -0.162. The zero-order valence-corrected chi connectivity index (χ0v) is 28.6. The maximum atomic E-state index is 13.7. The van der Waals surface area contributed by atoms with Gasteiger partial charge in [0.15, 0.2) is 0 Å². The van der Waals surface area contributed by atoms with Crippen molar-refractivity contribution in [3.05, 3.63) is 24.3 Å². The van der Waals surface area contributed by atoms with Gasteiger partial charge in [-0.15, -0.1) is 0 Å². The molecular weight excluding hydrogens is 673 g/mol. The zero-order chi connectivity index (χ0) is 28.2. The molecule has 6 nitrogen and oxygen atoms in total. The van der Waals surface area contributed by atoms with Gasteiger partial charge in [0.2, 0.25) is 0 Å². The van der Waals surface area contributed by atoms with Crippen LogP contribution in [0.3, 0.4) is 0 Å². The minimum Gasteiger partial charge on any atom is -0.421 e. The molecule has 4 aliphatic carbocycles. The van der Waals surface area contributed by atoms with Gasteiger partial charge in [-0.3, -0.25) is 9.89 Å². The van der Waals surface area contributed by atoms with Gasteiger partial charge in [0.05, 0.1) is 25.4 Å². The Morgan fingerprint density at radius 3 is 2.48 bits per heavy atom. The smallest absolute Gasteiger partial charge is 0.134 e. The number of carbonyl (C=O) groups excluding carboxylic acids is 1. The number of Topliss-reactive ketones (excluding diaryl/α,β-unsaturated/α-hetero) is 1. The van der Waals surface area contributed by atoms with Crippen molar-refractivity contribution in [2.24, 2.45) is 56.7 Å². The number of aliphatic hydroxyl groups is 1. The molecule has 7 heteroatoms. The van der Waals surface area contributed by atoms with Crippen LogP contribution in [0, 0.1) is 63.0 Å². The SMILES string of the molecule is CC(=O)[C@@H]1[C@@](C)([C@H](C)C(C)C)CC[C@]2(C)[C@H]3CC[C@@H]4[C@@]5(COC[C@@]4(C)[C@@H](O)[C@H](n4[c-]ncn4)C5)C3=CC[C@@]12C.[Re]. The molecule has 2 heterocycles. The number of fused-ring (bicyclic) bond motifs is 3. The maximum Gasteiger partial charge on any atom is 0.134 e. The van der Waals surface area contributed by atoms with Crippen molar-refractivity contribution in [2.45, 2.75) is 106 Å². The molecule has 6 rings (SSSR count). The molecule has 40 heavy (non-hydrogen) atoms. The third kappa shape index (κ3) is 3.72. The van der Waals surface area contributed by atoms with Gasteiger partial charge in [-0.05, 0) is 98.0 Å². The molecule has 5 aliphatic rings. The molecule has 1 aromatic rings. The van der Waals surface area contributed by atoms with Crippen molar-refractivity contribution < 1.29 is 35.1 Å². The maximum absolute atomic E-state index is 13.7. The van der Waals surface area contributed by atoms with E-state index in [0.717, 1.165) is 38.5 Å². The molecule has 1 saturated heterocycles. The number of hydrogen-bond acceptors (Lipinski definition) is 5. The minimum absolute atomic E-state index is 0. The Morgan fingerprint density at radius 1 is 1.12 bits per heavy atom. The Kier molecular flexibility index (Phi) is 7.52. The topological polar surface area (TPSA) is 77.2 Å². The molecule has 0 aromatic carbocycles. The van der Waals surface area contributed by atoms with Gasteiger partial charge >= 0.3 is 0 Å². The monoisotopic (exact) mass is 723 g/mol. The van der Waals surface area contributed by atoms with Crippen molar-refractivity contribution in [1.82, 2.24) is 14.8 Å². The standard InChI is InChI=1S/C33H50N3O3.Re/c1-20(2)21(3)29(5)13-14-31(7)23-9-10-26-30(6)16-39-17-33(26,15-25(28(30)38)36-19-34-18-35-36)24(23)11-12-32(31,8)27(29)22(4)37;/h11,18,20-21,23,25-28,38H,9-10,12-17H2,1-8H3;/q-1;/t21-,23+,25-,26+,27-,28+,29-,30-,31-,32+,33+;/m1./s1. The van der Waals surface area contributed by atoms with Crippen molar-refractivity contribution >= 4 is 5.78 Å². The second-order valence-electron chi connectivity index (χ2n) is 15.6. The van der Waals surface area contributed by atoms with Crippen LogP contribution in [0.1, 0.15) is 100.0 Å². The number of nitrogens with zero attached hydrogens (tertiary/aromatic N) is 3. The first kappa shape index (κ1) is 30.6. The van der Waals surface area contributed by atoms with E-state index in [-0.39, 0.29) is 59.5 Å². The summed E-state index contributed by atoms with van der Waals surface area (Å²) in [5.74, 6) is 2.26. The number of ketones is 1. The summed E-state index contributed by atoms with van der Waals surface area (Å²) in [5.41, 5.74) is 1.06. The molecule has 0 unspecified atom stereocenters. The third-order valence-electron chi connectivity index (χ3n) is 14.0. The van der Waals surface area contributed by atoms with Crippen LogP contribution in [-0.4, -0.2) is 45.0 Å². The van der Waals surface area contributed by atoms with Crippen LogP contribution in [0.5, 0.6) is 0 Å². The van der Waals surface area contributed by atoms with Crippen LogP contribution >= 0.6 is 0 Å². The fourth-order valence-corrected chi connectivity index (χ4v) is 11.6. The molecule has 0 spiro atoms. The van der Waals surface area contributed by atoms with E-state index in [9.17, 15) is 9.90 Å². The number of aromatic nitrogens is 3. The summed E-state index contributed by atoms with van der Waals surface area (Å²) in [4.78, 5) is 17.8. The molecule has 1 radical (unpaired) electrons. The Balaban J connectivity index is 0.00000323. The van der Waals surface area contributed by atoms with Crippen molar-refractivity contribution in [2.75, 3.05) is 13.2 Å². The van der Waals surface area contributed by atoms with Gasteiger partial charge in [0.1, 0.15) is 5.78 Å². The predicted molar refractivity (Wildman–Crippen MR) is 151 cm³/mol. The van der Waals surface area contributed by atoms with E-state index >= 15 is 0 Å². The molecule has 1 aromatic heterocycles. The van der Waals surface area contributed by atoms with Gasteiger partial charge < -0.3 is 19.5 Å². The summed E-state index contributed by atoms with van der Waals surface area (Å²) in [5, 5.41) is 16.2. The van der Waals surface area contributed by atoms with Gasteiger partial charge in [-0.25, -0.2) is 0 Å². The van der Waals surface area contributed by atoms with Crippen LogP contribution in [-0.2, 0) is 30.0 Å². The quantitative estimate of drug-likeness (QED) is 0.302. The third-order valence-corrected chi connectivity index (χ3v) is 14.0. The number of allylic oxidation sites excluding steroid dienone is 1. The van der Waals surface area contributed by atoms with Gasteiger partial charge in [0.25, 0.3) is 0 Å². The van der Waals surface area contributed by atoms with E-state index in [1.54, 1.807) is 10.3 Å². The molecule has 4 fully saturated rings.